The maximum absolute atomic E-state index is 13.6. The molecule has 0 radical (unpaired) electrons. The van der Waals surface area contributed by atoms with Crippen molar-refractivity contribution in [3.05, 3.63) is 71.8 Å². The van der Waals surface area contributed by atoms with Crippen molar-refractivity contribution in [1.29, 1.82) is 0 Å². The van der Waals surface area contributed by atoms with Crippen LogP contribution in [0.1, 0.15) is 20.7 Å². The number of nitrogens with one attached hydrogen (secondary N) is 2. The van der Waals surface area contributed by atoms with Crippen molar-refractivity contribution in [3.63, 3.8) is 0 Å². The average Bonchev–Trinajstić information content (AvgIpc) is 2.60. The Morgan fingerprint density at radius 1 is 1.08 bits per heavy atom. The third-order valence-electron chi connectivity index (χ3n) is 2.95. The fourth-order valence-electron chi connectivity index (χ4n) is 1.77. The number of amides is 2. The van der Waals surface area contributed by atoms with Crippen LogP contribution < -0.4 is 10.6 Å². The highest BCUT2D eigenvalue weighted by Crippen LogP contribution is 2.20. The molecule has 1 aromatic heterocycles. The average molecular weight is 335 g/mol. The second-order valence-electron chi connectivity index (χ2n) is 4.64. The number of carbonyl (C=O) groups is 2. The van der Waals surface area contributed by atoms with Gasteiger partial charge in [-0.3, -0.25) is 14.6 Å². The van der Waals surface area contributed by atoms with Gasteiger partial charge in [0.1, 0.15) is 0 Å². The van der Waals surface area contributed by atoms with Crippen LogP contribution in [0.25, 0.3) is 0 Å². The third-order valence-corrected chi connectivity index (χ3v) is 2.95. The van der Waals surface area contributed by atoms with Gasteiger partial charge in [0.25, 0.3) is 11.8 Å². The summed E-state index contributed by atoms with van der Waals surface area (Å²) in [6, 6.07) is 2.81. The van der Waals surface area contributed by atoms with Gasteiger partial charge in [0.2, 0.25) is 0 Å². The predicted molar refractivity (Wildman–Crippen MR) is 81.0 cm³/mol. The number of nitrogens with zero attached hydrogens (tertiary/aromatic N) is 1. The molecular weight excluding hydrogens is 323 g/mol. The number of anilines is 1. The minimum Gasteiger partial charge on any atom is -0.349 e. The second-order valence-corrected chi connectivity index (χ2v) is 4.64. The quantitative estimate of drug-likeness (QED) is 0.652. The summed E-state index contributed by atoms with van der Waals surface area (Å²) in [6.45, 7) is 3.68. The zero-order valence-electron chi connectivity index (χ0n) is 12.3. The molecule has 8 heteroatoms. The zero-order valence-corrected chi connectivity index (χ0v) is 12.3. The van der Waals surface area contributed by atoms with Crippen LogP contribution in [-0.4, -0.2) is 23.3 Å². The molecule has 2 aromatic rings. The van der Waals surface area contributed by atoms with Crippen molar-refractivity contribution >= 4 is 17.5 Å². The lowest BCUT2D eigenvalue weighted by molar-refractivity contribution is 0.0957. The minimum atomic E-state index is -1.69. The molecule has 0 atom stereocenters. The van der Waals surface area contributed by atoms with Crippen LogP contribution in [0.4, 0.5) is 18.9 Å². The molecule has 2 N–H and O–H groups in total. The molecule has 0 saturated heterocycles. The molecular formula is C16H12F3N3O2. The molecule has 0 aliphatic rings. The summed E-state index contributed by atoms with van der Waals surface area (Å²) in [4.78, 5) is 27.6. The number of hydrogen-bond acceptors (Lipinski definition) is 3. The maximum Gasteiger partial charge on any atom is 0.257 e. The lowest BCUT2D eigenvalue weighted by Crippen LogP contribution is -2.24. The maximum atomic E-state index is 13.6. The van der Waals surface area contributed by atoms with Crippen molar-refractivity contribution in [1.82, 2.24) is 10.3 Å². The highest BCUT2D eigenvalue weighted by Gasteiger charge is 2.17. The number of hydrogen-bond donors (Lipinski definition) is 2. The van der Waals surface area contributed by atoms with E-state index in [1.165, 1.54) is 18.3 Å². The molecule has 0 saturated carbocycles. The number of carbonyl (C=O) groups excluding carboxylic acids is 2. The van der Waals surface area contributed by atoms with Crippen LogP contribution in [0.2, 0.25) is 0 Å². The van der Waals surface area contributed by atoms with Crippen LogP contribution in [0.3, 0.4) is 0 Å². The molecule has 0 aliphatic carbocycles. The molecule has 0 bridgehead atoms. The van der Waals surface area contributed by atoms with Gasteiger partial charge in [-0.15, -0.1) is 6.58 Å². The van der Waals surface area contributed by atoms with E-state index in [4.69, 9.17) is 0 Å². The highest BCUT2D eigenvalue weighted by atomic mass is 19.2. The standard InChI is InChI=1S/C16H12F3N3O2/c1-2-5-21-15(23)9-6-10(8-20-7-9)16(24)22-12-4-3-11(17)13(18)14(12)19/h2-4,6-8H,1,5H2,(H,21,23)(H,22,24). The van der Waals surface area contributed by atoms with Crippen LogP contribution >= 0.6 is 0 Å². The van der Waals surface area contributed by atoms with E-state index >= 15 is 0 Å². The largest absolute Gasteiger partial charge is 0.349 e. The number of pyridine rings is 1. The summed E-state index contributed by atoms with van der Waals surface area (Å²) in [5.41, 5.74) is -0.471. The number of rotatable bonds is 5. The third kappa shape index (κ3) is 3.78. The molecule has 0 spiro atoms. The second kappa shape index (κ2) is 7.40. The monoisotopic (exact) mass is 335 g/mol. The first-order valence-electron chi connectivity index (χ1n) is 6.73. The van der Waals surface area contributed by atoms with Gasteiger partial charge < -0.3 is 10.6 Å². The van der Waals surface area contributed by atoms with E-state index in [0.29, 0.717) is 6.07 Å². The van der Waals surface area contributed by atoms with Gasteiger partial charge in [-0.2, -0.15) is 0 Å². The lowest BCUT2D eigenvalue weighted by atomic mass is 10.1. The van der Waals surface area contributed by atoms with Crippen LogP contribution in [-0.2, 0) is 0 Å². The van der Waals surface area contributed by atoms with Gasteiger partial charge in [0.15, 0.2) is 17.5 Å². The fourth-order valence-corrected chi connectivity index (χ4v) is 1.77. The van der Waals surface area contributed by atoms with Gasteiger partial charge in [-0.05, 0) is 18.2 Å². The molecule has 24 heavy (non-hydrogen) atoms. The first-order valence-corrected chi connectivity index (χ1v) is 6.73. The first kappa shape index (κ1) is 17.2. The Morgan fingerprint density at radius 2 is 1.75 bits per heavy atom. The van der Waals surface area contributed by atoms with Crippen molar-refractivity contribution in [3.8, 4) is 0 Å². The highest BCUT2D eigenvalue weighted by molar-refractivity contribution is 6.05. The Bertz CT molecular complexity index is 809. The van der Waals surface area contributed by atoms with Gasteiger partial charge in [0.05, 0.1) is 16.8 Å². The fraction of sp³-hybridized carbons (Fsp3) is 0.0625. The van der Waals surface area contributed by atoms with E-state index in [1.54, 1.807) is 0 Å². The van der Waals surface area contributed by atoms with E-state index in [1.807, 2.05) is 0 Å². The predicted octanol–water partition coefficient (Wildman–Crippen LogP) is 2.67. The van der Waals surface area contributed by atoms with Crippen molar-refractivity contribution in [2.24, 2.45) is 0 Å². The molecule has 2 amide bonds. The summed E-state index contributed by atoms with van der Waals surface area (Å²) in [5.74, 6) is -5.88. The first-order chi connectivity index (χ1) is 11.4. The molecule has 0 fully saturated rings. The molecule has 0 unspecified atom stereocenters. The molecule has 2 rings (SSSR count). The summed E-state index contributed by atoms with van der Waals surface area (Å²) >= 11 is 0. The normalized spacial score (nSPS) is 10.1. The van der Waals surface area contributed by atoms with Gasteiger partial charge >= 0.3 is 0 Å². The summed E-state index contributed by atoms with van der Waals surface area (Å²) < 4.78 is 39.6. The summed E-state index contributed by atoms with van der Waals surface area (Å²) in [6.07, 6.45) is 3.87. The van der Waals surface area contributed by atoms with Gasteiger partial charge in [-0.1, -0.05) is 6.08 Å². The van der Waals surface area contributed by atoms with Crippen molar-refractivity contribution in [2.75, 3.05) is 11.9 Å². The number of aromatic nitrogens is 1. The smallest absolute Gasteiger partial charge is 0.257 e. The Balaban J connectivity index is 2.20. The Kier molecular flexibility index (Phi) is 5.31. The van der Waals surface area contributed by atoms with Crippen LogP contribution in [0.5, 0.6) is 0 Å². The molecule has 0 aliphatic heterocycles. The SMILES string of the molecule is C=CCNC(=O)c1cncc(C(=O)Nc2ccc(F)c(F)c2F)c1. The van der Waals surface area contributed by atoms with Gasteiger partial charge in [-0.25, -0.2) is 13.2 Å². The molecule has 5 nitrogen and oxygen atoms in total. The van der Waals surface area contributed by atoms with E-state index in [-0.39, 0.29) is 17.7 Å². The van der Waals surface area contributed by atoms with E-state index in [9.17, 15) is 22.8 Å². The van der Waals surface area contributed by atoms with Crippen molar-refractivity contribution < 1.29 is 22.8 Å². The van der Waals surface area contributed by atoms with Crippen molar-refractivity contribution in [2.45, 2.75) is 0 Å². The Labute approximate surface area is 135 Å². The Hall–Kier alpha value is -3.16. The Morgan fingerprint density at radius 3 is 2.42 bits per heavy atom. The minimum absolute atomic E-state index is 0.0506. The van der Waals surface area contributed by atoms with E-state index in [2.05, 4.69) is 22.2 Å². The summed E-state index contributed by atoms with van der Waals surface area (Å²) in [5, 5.41) is 4.60. The molecule has 124 valence electrons. The zero-order chi connectivity index (χ0) is 17.7. The molecule has 1 aromatic carbocycles. The number of benzene rings is 1. The molecule has 1 heterocycles. The summed E-state index contributed by atoms with van der Waals surface area (Å²) in [7, 11) is 0. The van der Waals surface area contributed by atoms with Crippen LogP contribution in [0, 0.1) is 17.5 Å². The van der Waals surface area contributed by atoms with Crippen LogP contribution in [0.15, 0.2) is 43.2 Å². The lowest BCUT2D eigenvalue weighted by Gasteiger charge is -2.08. The van der Waals surface area contributed by atoms with E-state index in [0.717, 1.165) is 12.3 Å². The van der Waals surface area contributed by atoms with E-state index < -0.39 is 35.0 Å². The number of halogens is 3. The topological polar surface area (TPSA) is 71.1 Å². The van der Waals surface area contributed by atoms with Gasteiger partial charge in [0, 0.05) is 18.9 Å².